The summed E-state index contributed by atoms with van der Waals surface area (Å²) in [4.78, 5) is 12.5. The Kier molecular flexibility index (Phi) is 7.18. The smallest absolute Gasteiger partial charge is 0.230 e. The molecule has 20 heavy (non-hydrogen) atoms. The third kappa shape index (κ3) is 5.67. The van der Waals surface area contributed by atoms with Crippen molar-refractivity contribution in [3.63, 3.8) is 0 Å². The van der Waals surface area contributed by atoms with Gasteiger partial charge >= 0.3 is 0 Å². The molecule has 1 aromatic carbocycles. The van der Waals surface area contributed by atoms with Crippen molar-refractivity contribution >= 4 is 23.1 Å². The van der Waals surface area contributed by atoms with E-state index in [9.17, 15) is 4.79 Å². The Balaban J connectivity index is 2.62. The van der Waals surface area contributed by atoms with Crippen LogP contribution >= 0.6 is 12.2 Å². The first-order valence-corrected chi connectivity index (χ1v) is 7.08. The quantitative estimate of drug-likeness (QED) is 0.716. The number of thiocarbonyl (C=S) groups is 1. The zero-order chi connectivity index (χ0) is 15.0. The van der Waals surface area contributed by atoms with Gasteiger partial charge in [-0.3, -0.25) is 4.79 Å². The number of rotatable bonds is 8. The molecule has 0 aliphatic heterocycles. The summed E-state index contributed by atoms with van der Waals surface area (Å²) in [6, 6.07) is 9.78. The van der Waals surface area contributed by atoms with Gasteiger partial charge in [0, 0.05) is 19.8 Å². The van der Waals surface area contributed by atoms with Gasteiger partial charge in [-0.05, 0) is 25.3 Å². The number of benzene rings is 1. The van der Waals surface area contributed by atoms with Crippen molar-refractivity contribution in [3.05, 3.63) is 35.9 Å². The Morgan fingerprint density at radius 3 is 2.60 bits per heavy atom. The minimum absolute atomic E-state index is 0.0371. The van der Waals surface area contributed by atoms with Crippen molar-refractivity contribution in [2.75, 3.05) is 13.7 Å². The number of hydrogen-bond donors (Lipinski definition) is 2. The Bertz CT molecular complexity index is 437. The Morgan fingerprint density at radius 2 is 2.05 bits per heavy atom. The van der Waals surface area contributed by atoms with Gasteiger partial charge < -0.3 is 15.8 Å². The molecule has 1 aromatic rings. The summed E-state index contributed by atoms with van der Waals surface area (Å²) in [5.41, 5.74) is 6.75. The highest BCUT2D eigenvalue weighted by Crippen LogP contribution is 2.10. The van der Waals surface area contributed by atoms with Crippen LogP contribution in [0, 0.1) is 5.92 Å². The van der Waals surface area contributed by atoms with E-state index in [1.54, 1.807) is 7.11 Å². The van der Waals surface area contributed by atoms with E-state index in [1.807, 2.05) is 37.3 Å². The van der Waals surface area contributed by atoms with E-state index < -0.39 is 5.92 Å². The molecule has 0 fully saturated rings. The van der Waals surface area contributed by atoms with Crippen LogP contribution in [0.5, 0.6) is 0 Å². The van der Waals surface area contributed by atoms with Gasteiger partial charge in [0.25, 0.3) is 0 Å². The summed E-state index contributed by atoms with van der Waals surface area (Å²) in [6.07, 6.45) is 1.29. The largest absolute Gasteiger partial charge is 0.393 e. The Hall–Kier alpha value is -1.46. The maximum absolute atomic E-state index is 12.2. The summed E-state index contributed by atoms with van der Waals surface area (Å²) < 4.78 is 5.00. The van der Waals surface area contributed by atoms with Crippen molar-refractivity contribution in [2.45, 2.75) is 25.8 Å². The topological polar surface area (TPSA) is 64.3 Å². The van der Waals surface area contributed by atoms with E-state index in [2.05, 4.69) is 5.32 Å². The second kappa shape index (κ2) is 8.66. The third-order valence-electron chi connectivity index (χ3n) is 3.09. The highest BCUT2D eigenvalue weighted by Gasteiger charge is 2.23. The van der Waals surface area contributed by atoms with Crippen LogP contribution in [0.1, 0.15) is 18.9 Å². The van der Waals surface area contributed by atoms with Crippen LogP contribution in [0.25, 0.3) is 0 Å². The molecule has 4 nitrogen and oxygen atoms in total. The van der Waals surface area contributed by atoms with Gasteiger partial charge in [0.1, 0.15) is 0 Å². The first kappa shape index (κ1) is 16.6. The standard InChI is InChI=1S/C15H22N2O2S/c1-11(8-9-19-2)17-15(18)13(14(16)20)10-12-6-4-3-5-7-12/h3-7,11,13H,8-10H2,1-2H3,(H2,16,20)(H,17,18). The van der Waals surface area contributed by atoms with Crippen LogP contribution in [0.2, 0.25) is 0 Å². The number of methoxy groups -OCH3 is 1. The minimum atomic E-state index is -0.475. The average molecular weight is 294 g/mol. The molecule has 0 saturated carbocycles. The maximum Gasteiger partial charge on any atom is 0.230 e. The van der Waals surface area contributed by atoms with Crippen molar-refractivity contribution in [3.8, 4) is 0 Å². The normalized spacial score (nSPS) is 13.5. The monoisotopic (exact) mass is 294 g/mol. The van der Waals surface area contributed by atoms with Crippen LogP contribution < -0.4 is 11.1 Å². The lowest BCUT2D eigenvalue weighted by atomic mass is 9.98. The molecule has 5 heteroatoms. The lowest BCUT2D eigenvalue weighted by Gasteiger charge is -2.19. The zero-order valence-corrected chi connectivity index (χ0v) is 12.8. The molecule has 0 spiro atoms. The van der Waals surface area contributed by atoms with Gasteiger partial charge in [-0.15, -0.1) is 0 Å². The van der Waals surface area contributed by atoms with E-state index in [0.717, 1.165) is 12.0 Å². The minimum Gasteiger partial charge on any atom is -0.393 e. The zero-order valence-electron chi connectivity index (χ0n) is 12.0. The highest BCUT2D eigenvalue weighted by molar-refractivity contribution is 7.80. The molecule has 2 atom stereocenters. The predicted molar refractivity (Wildman–Crippen MR) is 84.5 cm³/mol. The second-order valence-corrected chi connectivity index (χ2v) is 5.31. The molecule has 0 aliphatic carbocycles. The van der Waals surface area contributed by atoms with Crippen molar-refractivity contribution in [1.29, 1.82) is 0 Å². The number of carbonyl (C=O) groups is 1. The first-order valence-electron chi connectivity index (χ1n) is 6.67. The van der Waals surface area contributed by atoms with Crippen molar-refractivity contribution in [2.24, 2.45) is 11.7 Å². The molecule has 2 unspecified atom stereocenters. The van der Waals surface area contributed by atoms with Crippen LogP contribution in [-0.4, -0.2) is 30.7 Å². The number of amides is 1. The fraction of sp³-hybridized carbons (Fsp3) is 0.467. The summed E-state index contributed by atoms with van der Waals surface area (Å²) >= 11 is 5.02. The lowest BCUT2D eigenvalue weighted by molar-refractivity contribution is -0.123. The van der Waals surface area contributed by atoms with Crippen LogP contribution in [0.4, 0.5) is 0 Å². The molecule has 1 amide bonds. The van der Waals surface area contributed by atoms with Crippen LogP contribution in [0.15, 0.2) is 30.3 Å². The Morgan fingerprint density at radius 1 is 1.40 bits per heavy atom. The maximum atomic E-state index is 12.2. The summed E-state index contributed by atoms with van der Waals surface area (Å²) in [5.74, 6) is -0.595. The van der Waals surface area contributed by atoms with E-state index in [-0.39, 0.29) is 16.9 Å². The Labute approximate surface area is 125 Å². The van der Waals surface area contributed by atoms with Gasteiger partial charge in [-0.25, -0.2) is 0 Å². The SMILES string of the molecule is COCCC(C)NC(=O)C(Cc1ccccc1)C(N)=S. The molecule has 0 aliphatic rings. The first-order chi connectivity index (χ1) is 9.54. The van der Waals surface area contributed by atoms with Gasteiger partial charge in [0.05, 0.1) is 10.9 Å². The van der Waals surface area contributed by atoms with Crippen LogP contribution in [0.3, 0.4) is 0 Å². The molecule has 0 aromatic heterocycles. The number of carbonyl (C=O) groups excluding carboxylic acids is 1. The highest BCUT2D eigenvalue weighted by atomic mass is 32.1. The second-order valence-electron chi connectivity index (χ2n) is 4.84. The average Bonchev–Trinajstić information content (AvgIpc) is 2.43. The molecule has 0 saturated heterocycles. The fourth-order valence-electron chi connectivity index (χ4n) is 1.88. The predicted octanol–water partition coefficient (Wildman–Crippen LogP) is 1.67. The number of hydrogen-bond acceptors (Lipinski definition) is 3. The number of ether oxygens (including phenoxy) is 1. The lowest BCUT2D eigenvalue weighted by Crippen LogP contribution is -2.43. The molecular formula is C15H22N2O2S. The van der Waals surface area contributed by atoms with Gasteiger partial charge in [-0.2, -0.15) is 0 Å². The van der Waals surface area contributed by atoms with Crippen molar-refractivity contribution < 1.29 is 9.53 Å². The van der Waals surface area contributed by atoms with E-state index in [4.69, 9.17) is 22.7 Å². The summed E-state index contributed by atoms with van der Waals surface area (Å²) in [7, 11) is 1.64. The number of nitrogens with two attached hydrogens (primary N) is 1. The molecule has 0 heterocycles. The van der Waals surface area contributed by atoms with Crippen molar-refractivity contribution in [1.82, 2.24) is 5.32 Å². The van der Waals surface area contributed by atoms with E-state index in [1.165, 1.54) is 0 Å². The van der Waals surface area contributed by atoms with Gasteiger partial charge in [0.2, 0.25) is 5.91 Å². The summed E-state index contributed by atoms with van der Waals surface area (Å²) in [5, 5.41) is 2.93. The molecule has 0 bridgehead atoms. The van der Waals surface area contributed by atoms with E-state index >= 15 is 0 Å². The van der Waals surface area contributed by atoms with Gasteiger partial charge in [-0.1, -0.05) is 42.5 Å². The van der Waals surface area contributed by atoms with E-state index in [0.29, 0.717) is 13.0 Å². The fourth-order valence-corrected chi connectivity index (χ4v) is 2.07. The number of nitrogens with one attached hydrogen (secondary N) is 1. The summed E-state index contributed by atoms with van der Waals surface area (Å²) in [6.45, 7) is 2.55. The van der Waals surface area contributed by atoms with Crippen LogP contribution in [-0.2, 0) is 16.0 Å². The van der Waals surface area contributed by atoms with Gasteiger partial charge in [0.15, 0.2) is 0 Å². The molecule has 0 radical (unpaired) electrons. The molecular weight excluding hydrogens is 272 g/mol. The molecule has 110 valence electrons. The molecule has 1 rings (SSSR count). The third-order valence-corrected chi connectivity index (χ3v) is 3.37. The molecule has 3 N–H and O–H groups in total.